The number of alkyl halides is 3. The molecule has 1 amide bonds. The molecule has 36 heavy (non-hydrogen) atoms. The Kier molecular flexibility index (Phi) is 7.03. The van der Waals surface area contributed by atoms with Crippen molar-refractivity contribution in [3.63, 3.8) is 0 Å². The maximum atomic E-state index is 14.2. The highest BCUT2D eigenvalue weighted by Gasteiger charge is 2.31. The molecule has 0 fully saturated rings. The molecule has 2 N–H and O–H groups in total. The Bertz CT molecular complexity index is 1400. The summed E-state index contributed by atoms with van der Waals surface area (Å²) < 4.78 is 80.2. The molecule has 2 unspecified atom stereocenters. The molecule has 0 heterocycles. The molecule has 0 saturated carbocycles. The van der Waals surface area contributed by atoms with Gasteiger partial charge in [0, 0.05) is 10.9 Å². The van der Waals surface area contributed by atoms with E-state index in [1.807, 2.05) is 0 Å². The van der Waals surface area contributed by atoms with Crippen molar-refractivity contribution in [3.8, 4) is 0 Å². The Morgan fingerprint density at radius 2 is 1.44 bits per heavy atom. The number of fused-ring (bicyclic) bond motifs is 1. The van der Waals surface area contributed by atoms with Crippen LogP contribution in [-0.2, 0) is 12.6 Å². The lowest BCUT2D eigenvalue weighted by Gasteiger charge is -2.25. The Morgan fingerprint density at radius 1 is 0.806 bits per heavy atom. The van der Waals surface area contributed by atoms with E-state index < -0.39 is 47.2 Å². The van der Waals surface area contributed by atoms with Crippen molar-refractivity contribution in [2.24, 2.45) is 0 Å². The van der Waals surface area contributed by atoms with Crippen LogP contribution in [0.15, 0.2) is 78.9 Å². The fourth-order valence-corrected chi connectivity index (χ4v) is 3.96. The van der Waals surface area contributed by atoms with Crippen LogP contribution in [0.4, 0.5) is 26.3 Å². The smallest absolute Gasteiger partial charge is 0.386 e. The molecule has 9 heteroatoms. The van der Waals surface area contributed by atoms with Gasteiger partial charge in [0.1, 0.15) is 5.82 Å². The number of rotatable bonds is 6. The van der Waals surface area contributed by atoms with Crippen molar-refractivity contribution in [1.82, 2.24) is 5.32 Å². The molecule has 0 bridgehead atoms. The number of carbonyl (C=O) groups is 1. The van der Waals surface area contributed by atoms with E-state index in [0.717, 1.165) is 36.4 Å². The maximum absolute atomic E-state index is 14.2. The highest BCUT2D eigenvalue weighted by Crippen LogP contribution is 2.30. The number of aliphatic hydroxyl groups excluding tert-OH is 1. The first kappa shape index (κ1) is 25.2. The van der Waals surface area contributed by atoms with Gasteiger partial charge in [0.15, 0.2) is 11.6 Å². The molecule has 0 spiro atoms. The number of hydrogen-bond acceptors (Lipinski definition) is 2. The van der Waals surface area contributed by atoms with Crippen molar-refractivity contribution in [2.75, 3.05) is 0 Å². The fourth-order valence-electron chi connectivity index (χ4n) is 3.96. The van der Waals surface area contributed by atoms with E-state index in [-0.39, 0.29) is 22.9 Å². The third kappa shape index (κ3) is 5.36. The summed E-state index contributed by atoms with van der Waals surface area (Å²) >= 11 is 0. The summed E-state index contributed by atoms with van der Waals surface area (Å²) in [4.78, 5) is 13.2. The Hall–Kier alpha value is -3.85. The number of halogens is 6. The number of hydrogen-bond donors (Lipinski definition) is 2. The predicted molar refractivity (Wildman–Crippen MR) is 122 cm³/mol. The van der Waals surface area contributed by atoms with Crippen molar-refractivity contribution >= 4 is 16.7 Å². The van der Waals surface area contributed by atoms with Gasteiger partial charge in [-0.15, -0.1) is 0 Å². The number of amides is 1. The van der Waals surface area contributed by atoms with Crippen LogP contribution in [0, 0.1) is 17.5 Å². The van der Waals surface area contributed by atoms with Crippen molar-refractivity contribution in [3.05, 3.63) is 119 Å². The number of carbonyl (C=O) groups excluding carboxylic acids is 1. The minimum atomic E-state index is -4.54. The van der Waals surface area contributed by atoms with Crippen molar-refractivity contribution < 1.29 is 36.2 Å². The number of nitrogens with one attached hydrogen (secondary N) is 1. The molecule has 4 rings (SSSR count). The van der Waals surface area contributed by atoms with Crippen molar-refractivity contribution in [2.45, 2.75) is 24.7 Å². The fraction of sp³-hybridized carbons (Fsp3) is 0.148. The predicted octanol–water partition coefficient (Wildman–Crippen LogP) is 6.35. The summed E-state index contributed by atoms with van der Waals surface area (Å²) in [6, 6.07) is 14.4. The van der Waals surface area contributed by atoms with Crippen LogP contribution in [0.25, 0.3) is 10.8 Å². The second-order valence-corrected chi connectivity index (χ2v) is 8.24. The standard InChI is InChI=1S/C27H19F6NO2/c28-21-12-10-20(18-3-1-2-4-19(18)21)26(36)34-24(25(35)16-7-11-22(29)23(30)14-16)13-15-5-8-17(9-6-15)27(31,32)33/h1-12,14,24-25,35H,13H2,(H,34,36). The molecular formula is C27H19F6NO2. The van der Waals surface area contributed by atoms with Crippen LogP contribution < -0.4 is 5.32 Å². The Balaban J connectivity index is 1.68. The highest BCUT2D eigenvalue weighted by atomic mass is 19.4. The monoisotopic (exact) mass is 503 g/mol. The first-order valence-electron chi connectivity index (χ1n) is 10.8. The van der Waals surface area contributed by atoms with Crippen LogP contribution in [0.2, 0.25) is 0 Å². The number of benzene rings is 4. The second kappa shape index (κ2) is 10.0. The van der Waals surface area contributed by atoms with E-state index in [9.17, 15) is 36.2 Å². The van der Waals surface area contributed by atoms with Crippen LogP contribution in [0.3, 0.4) is 0 Å². The zero-order valence-electron chi connectivity index (χ0n) is 18.5. The van der Waals surface area contributed by atoms with E-state index >= 15 is 0 Å². The van der Waals surface area contributed by atoms with Gasteiger partial charge in [-0.2, -0.15) is 13.2 Å². The van der Waals surface area contributed by atoms with Gasteiger partial charge in [-0.1, -0.05) is 42.5 Å². The Morgan fingerprint density at radius 3 is 2.08 bits per heavy atom. The second-order valence-electron chi connectivity index (χ2n) is 8.24. The van der Waals surface area contributed by atoms with Crippen LogP contribution in [-0.4, -0.2) is 17.1 Å². The third-order valence-electron chi connectivity index (χ3n) is 5.84. The largest absolute Gasteiger partial charge is 0.416 e. The molecular weight excluding hydrogens is 484 g/mol. The van der Waals surface area contributed by atoms with Crippen LogP contribution >= 0.6 is 0 Å². The van der Waals surface area contributed by atoms with Gasteiger partial charge in [-0.25, -0.2) is 13.2 Å². The number of aliphatic hydroxyl groups is 1. The molecule has 0 aliphatic heterocycles. The summed E-state index contributed by atoms with van der Waals surface area (Å²) in [6.07, 6.45) is -6.22. The minimum Gasteiger partial charge on any atom is -0.386 e. The van der Waals surface area contributed by atoms with E-state index in [1.165, 1.54) is 24.3 Å². The summed E-state index contributed by atoms with van der Waals surface area (Å²) in [5.74, 6) is -3.57. The minimum absolute atomic E-state index is 0.0462. The normalized spacial score (nSPS) is 13.4. The quantitative estimate of drug-likeness (QED) is 0.301. The Labute approximate surface area is 202 Å². The lowest BCUT2D eigenvalue weighted by atomic mass is 9.94. The molecule has 186 valence electrons. The van der Waals surface area contributed by atoms with Crippen LogP contribution in [0.1, 0.15) is 33.2 Å². The molecule has 3 nitrogen and oxygen atoms in total. The van der Waals surface area contributed by atoms with Crippen molar-refractivity contribution in [1.29, 1.82) is 0 Å². The van der Waals surface area contributed by atoms with Gasteiger partial charge in [0.05, 0.1) is 17.7 Å². The molecule has 0 radical (unpaired) electrons. The van der Waals surface area contributed by atoms with Crippen LogP contribution in [0.5, 0.6) is 0 Å². The van der Waals surface area contributed by atoms with Gasteiger partial charge in [0.2, 0.25) is 0 Å². The highest BCUT2D eigenvalue weighted by molar-refractivity contribution is 6.07. The van der Waals surface area contributed by atoms with E-state index in [1.54, 1.807) is 18.2 Å². The summed E-state index contributed by atoms with van der Waals surface area (Å²) in [5, 5.41) is 14.1. The van der Waals surface area contributed by atoms with Gasteiger partial charge in [-0.3, -0.25) is 4.79 Å². The van der Waals surface area contributed by atoms with Gasteiger partial charge in [0.25, 0.3) is 5.91 Å². The molecule has 0 saturated heterocycles. The topological polar surface area (TPSA) is 49.3 Å². The van der Waals surface area contributed by atoms with E-state index in [4.69, 9.17) is 0 Å². The average Bonchev–Trinajstić information content (AvgIpc) is 2.85. The van der Waals surface area contributed by atoms with E-state index in [2.05, 4.69) is 5.32 Å². The zero-order chi connectivity index (χ0) is 26.0. The lowest BCUT2D eigenvalue weighted by Crippen LogP contribution is -2.41. The molecule has 4 aromatic rings. The summed E-state index contributed by atoms with van der Waals surface area (Å²) in [7, 11) is 0. The van der Waals surface area contributed by atoms with E-state index in [0.29, 0.717) is 10.9 Å². The third-order valence-corrected chi connectivity index (χ3v) is 5.84. The molecule has 0 aliphatic rings. The lowest BCUT2D eigenvalue weighted by molar-refractivity contribution is -0.137. The maximum Gasteiger partial charge on any atom is 0.416 e. The first-order valence-corrected chi connectivity index (χ1v) is 10.8. The molecule has 2 atom stereocenters. The molecule has 4 aromatic carbocycles. The summed E-state index contributed by atoms with van der Waals surface area (Å²) in [5.41, 5.74) is -0.471. The SMILES string of the molecule is O=C(NC(Cc1ccc(C(F)(F)F)cc1)C(O)c1ccc(F)c(F)c1)c1ccc(F)c2ccccc12. The van der Waals surface area contributed by atoms with Gasteiger partial charge < -0.3 is 10.4 Å². The molecule has 0 aromatic heterocycles. The first-order chi connectivity index (χ1) is 17.0. The van der Waals surface area contributed by atoms with Gasteiger partial charge >= 0.3 is 6.18 Å². The zero-order valence-corrected chi connectivity index (χ0v) is 18.5. The van der Waals surface area contributed by atoms with Gasteiger partial charge in [-0.05, 0) is 59.3 Å². The average molecular weight is 503 g/mol. The molecule has 0 aliphatic carbocycles. The summed E-state index contributed by atoms with van der Waals surface area (Å²) in [6.45, 7) is 0.